The Morgan fingerprint density at radius 3 is 2.67 bits per heavy atom. The molecule has 7 heteroatoms. The summed E-state index contributed by atoms with van der Waals surface area (Å²) in [5, 5.41) is 11.5. The molecule has 21 heavy (non-hydrogen) atoms. The Hall–Kier alpha value is -2.28. The van der Waals surface area contributed by atoms with E-state index in [4.69, 9.17) is 20.4 Å². The van der Waals surface area contributed by atoms with Crippen LogP contribution in [0.15, 0.2) is 46.0 Å². The van der Waals surface area contributed by atoms with E-state index in [1.807, 2.05) is 0 Å². The highest BCUT2D eigenvalue weighted by atomic mass is 79.9. The zero-order valence-electron chi connectivity index (χ0n) is 11.0. The predicted molar refractivity (Wildman–Crippen MR) is 79.7 cm³/mol. The van der Waals surface area contributed by atoms with Crippen molar-refractivity contribution in [1.29, 1.82) is 0 Å². The molecule has 2 rings (SSSR count). The minimum absolute atomic E-state index is 0.00428. The maximum atomic E-state index is 14.2. The van der Waals surface area contributed by atoms with Crippen LogP contribution in [0.2, 0.25) is 0 Å². The first-order valence-corrected chi connectivity index (χ1v) is 6.64. The Bertz CT molecular complexity index is 692. The van der Waals surface area contributed by atoms with Crippen molar-refractivity contribution in [3.05, 3.63) is 52.3 Å². The molecular weight excluding hydrogens is 343 g/mol. The molecule has 0 spiro atoms. The van der Waals surface area contributed by atoms with Gasteiger partial charge in [-0.25, -0.2) is 4.39 Å². The summed E-state index contributed by atoms with van der Waals surface area (Å²) in [6.45, 7) is 0. The van der Waals surface area contributed by atoms with Crippen LogP contribution < -0.4 is 15.2 Å². The Balaban J connectivity index is 2.35. The maximum Gasteiger partial charge on any atom is 0.180 e. The lowest BCUT2D eigenvalue weighted by Crippen LogP contribution is -2.14. The van der Waals surface area contributed by atoms with Crippen LogP contribution in [-0.2, 0) is 0 Å². The number of nitrogens with zero attached hydrogens (tertiary/aromatic N) is 1. The average molecular weight is 355 g/mol. The van der Waals surface area contributed by atoms with Crippen molar-refractivity contribution in [2.24, 2.45) is 10.9 Å². The molecule has 0 saturated heterocycles. The van der Waals surface area contributed by atoms with Gasteiger partial charge in [-0.15, -0.1) is 0 Å². The molecule has 0 saturated carbocycles. The fourth-order valence-electron chi connectivity index (χ4n) is 1.65. The van der Waals surface area contributed by atoms with Gasteiger partial charge >= 0.3 is 0 Å². The highest BCUT2D eigenvalue weighted by Crippen LogP contribution is 2.32. The quantitative estimate of drug-likeness (QED) is 0.381. The van der Waals surface area contributed by atoms with Gasteiger partial charge in [0, 0.05) is 11.6 Å². The summed E-state index contributed by atoms with van der Waals surface area (Å²) in [5.41, 5.74) is 5.68. The minimum Gasteiger partial charge on any atom is -0.497 e. The smallest absolute Gasteiger partial charge is 0.180 e. The second-order valence-corrected chi connectivity index (χ2v) is 4.80. The van der Waals surface area contributed by atoms with Crippen LogP contribution in [0.25, 0.3) is 0 Å². The van der Waals surface area contributed by atoms with Crippen molar-refractivity contribution in [3.8, 4) is 17.2 Å². The number of hydrogen-bond donors (Lipinski definition) is 2. The van der Waals surface area contributed by atoms with Gasteiger partial charge in [0.1, 0.15) is 11.5 Å². The summed E-state index contributed by atoms with van der Waals surface area (Å²) in [5.74, 6) is 0.178. The zero-order chi connectivity index (χ0) is 15.4. The summed E-state index contributed by atoms with van der Waals surface area (Å²) >= 11 is 3.06. The Morgan fingerprint density at radius 1 is 1.29 bits per heavy atom. The third kappa shape index (κ3) is 3.25. The third-order valence-electron chi connectivity index (χ3n) is 2.70. The molecule has 0 aliphatic carbocycles. The monoisotopic (exact) mass is 354 g/mol. The van der Waals surface area contributed by atoms with Gasteiger partial charge in [-0.3, -0.25) is 0 Å². The van der Waals surface area contributed by atoms with Crippen LogP contribution in [0.4, 0.5) is 4.39 Å². The largest absolute Gasteiger partial charge is 0.497 e. The van der Waals surface area contributed by atoms with E-state index in [-0.39, 0.29) is 21.6 Å². The molecule has 2 aromatic rings. The molecule has 0 aliphatic heterocycles. The van der Waals surface area contributed by atoms with Crippen molar-refractivity contribution in [1.82, 2.24) is 0 Å². The summed E-state index contributed by atoms with van der Waals surface area (Å²) in [6, 6.07) is 9.66. The number of methoxy groups -OCH3 is 1. The number of benzene rings is 2. The molecule has 3 N–H and O–H groups in total. The molecular formula is C14H12BrFN2O3. The second kappa shape index (κ2) is 6.45. The minimum atomic E-state index is -0.651. The van der Waals surface area contributed by atoms with Gasteiger partial charge in [0.2, 0.25) is 0 Å². The van der Waals surface area contributed by atoms with Crippen LogP contribution in [0.5, 0.6) is 17.2 Å². The third-order valence-corrected chi connectivity index (χ3v) is 3.47. The fourth-order valence-corrected chi connectivity index (χ4v) is 2.18. The normalized spacial score (nSPS) is 11.3. The van der Waals surface area contributed by atoms with E-state index in [1.165, 1.54) is 19.2 Å². The van der Waals surface area contributed by atoms with E-state index in [9.17, 15) is 4.39 Å². The van der Waals surface area contributed by atoms with Crippen molar-refractivity contribution < 1.29 is 19.1 Å². The number of oxime groups is 1. The Morgan fingerprint density at radius 2 is 2.00 bits per heavy atom. The van der Waals surface area contributed by atoms with E-state index in [1.54, 1.807) is 24.3 Å². The molecule has 0 bridgehead atoms. The van der Waals surface area contributed by atoms with Crippen LogP contribution in [0.1, 0.15) is 5.56 Å². The molecule has 2 aromatic carbocycles. The molecule has 0 amide bonds. The average Bonchev–Trinajstić information content (AvgIpc) is 2.51. The molecule has 0 atom stereocenters. The number of hydrogen-bond acceptors (Lipinski definition) is 4. The van der Waals surface area contributed by atoms with Gasteiger partial charge in [-0.2, -0.15) is 0 Å². The van der Waals surface area contributed by atoms with Crippen LogP contribution >= 0.6 is 15.9 Å². The van der Waals surface area contributed by atoms with Gasteiger partial charge in [0.05, 0.1) is 11.6 Å². The van der Waals surface area contributed by atoms with E-state index < -0.39 is 5.82 Å². The van der Waals surface area contributed by atoms with Gasteiger partial charge in [0.25, 0.3) is 0 Å². The van der Waals surface area contributed by atoms with Crippen molar-refractivity contribution in [2.75, 3.05) is 7.11 Å². The lowest BCUT2D eigenvalue weighted by Gasteiger charge is -2.11. The topological polar surface area (TPSA) is 77.1 Å². The van der Waals surface area contributed by atoms with E-state index >= 15 is 0 Å². The predicted octanol–water partition coefficient (Wildman–Crippen LogP) is 3.48. The van der Waals surface area contributed by atoms with Gasteiger partial charge in [0.15, 0.2) is 17.4 Å². The van der Waals surface area contributed by atoms with Crippen LogP contribution in [0, 0.1) is 5.82 Å². The number of rotatable bonds is 4. The molecule has 5 nitrogen and oxygen atoms in total. The SMILES string of the molecule is COc1cccc(Oc2ccc(/C(N)=N/O)c(Br)c2F)c1. The first-order chi connectivity index (χ1) is 10.1. The van der Waals surface area contributed by atoms with Crippen LogP contribution in [0.3, 0.4) is 0 Å². The van der Waals surface area contributed by atoms with Gasteiger partial charge in [-0.1, -0.05) is 11.2 Å². The Kier molecular flexibility index (Phi) is 4.64. The molecule has 0 fully saturated rings. The second-order valence-electron chi connectivity index (χ2n) is 4.01. The standard InChI is InChI=1S/C14H12BrFN2O3/c1-20-8-3-2-4-9(7-8)21-11-6-5-10(14(17)18-19)12(15)13(11)16/h2-7,19H,1H3,(H2,17,18). The number of nitrogens with two attached hydrogens (primary N) is 1. The number of halogens is 2. The van der Waals surface area contributed by atoms with Crippen molar-refractivity contribution in [2.45, 2.75) is 0 Å². The van der Waals surface area contributed by atoms with E-state index in [2.05, 4.69) is 21.1 Å². The van der Waals surface area contributed by atoms with Crippen molar-refractivity contribution in [3.63, 3.8) is 0 Å². The van der Waals surface area contributed by atoms with E-state index in [0.717, 1.165) is 0 Å². The summed E-state index contributed by atoms with van der Waals surface area (Å²) in [4.78, 5) is 0. The maximum absolute atomic E-state index is 14.2. The summed E-state index contributed by atoms with van der Waals surface area (Å²) in [7, 11) is 1.53. The van der Waals surface area contributed by atoms with Crippen molar-refractivity contribution >= 4 is 21.8 Å². The highest BCUT2D eigenvalue weighted by molar-refractivity contribution is 9.10. The van der Waals surface area contributed by atoms with E-state index in [0.29, 0.717) is 11.5 Å². The van der Waals surface area contributed by atoms with Gasteiger partial charge < -0.3 is 20.4 Å². The molecule has 0 radical (unpaired) electrons. The lowest BCUT2D eigenvalue weighted by atomic mass is 10.2. The fraction of sp³-hybridized carbons (Fsp3) is 0.0714. The molecule has 0 heterocycles. The first kappa shape index (κ1) is 15.1. The molecule has 0 unspecified atom stereocenters. The Labute approximate surface area is 128 Å². The van der Waals surface area contributed by atoms with Crippen LogP contribution in [-0.4, -0.2) is 18.2 Å². The molecule has 0 aliphatic rings. The first-order valence-electron chi connectivity index (χ1n) is 5.84. The molecule has 110 valence electrons. The zero-order valence-corrected chi connectivity index (χ0v) is 12.6. The number of ether oxygens (including phenoxy) is 2. The summed E-state index contributed by atoms with van der Waals surface area (Å²) < 4.78 is 24.8. The summed E-state index contributed by atoms with van der Waals surface area (Å²) in [6.07, 6.45) is 0. The lowest BCUT2D eigenvalue weighted by molar-refractivity contribution is 0.318. The van der Waals surface area contributed by atoms with Gasteiger partial charge in [-0.05, 0) is 40.2 Å². The number of amidine groups is 1. The molecule has 0 aromatic heterocycles. The highest BCUT2D eigenvalue weighted by Gasteiger charge is 2.15.